The molecule has 0 fully saturated rings. The summed E-state index contributed by atoms with van der Waals surface area (Å²) in [5, 5.41) is 2.07. The first-order chi connectivity index (χ1) is 9.36. The second-order valence-corrected chi connectivity index (χ2v) is 4.95. The van der Waals surface area contributed by atoms with Crippen LogP contribution in [0.25, 0.3) is 21.7 Å². The lowest BCUT2D eigenvalue weighted by Gasteiger charge is -2.03. The van der Waals surface area contributed by atoms with E-state index in [4.69, 9.17) is 4.74 Å². The molecule has 0 aliphatic carbocycles. The molecule has 3 aromatic heterocycles. The summed E-state index contributed by atoms with van der Waals surface area (Å²) in [4.78, 5) is 9.90. The Balaban J connectivity index is 1.89. The van der Waals surface area contributed by atoms with Gasteiger partial charge in [-0.25, -0.2) is 4.98 Å². The average molecular weight is 268 g/mol. The highest BCUT2D eigenvalue weighted by molar-refractivity contribution is 7.13. The van der Waals surface area contributed by atoms with Gasteiger partial charge >= 0.3 is 0 Å². The number of thiophene rings is 1. The molecular formula is C15H12N2OS. The Morgan fingerprint density at radius 1 is 0.947 bits per heavy atom. The monoisotopic (exact) mass is 268 g/mol. The van der Waals surface area contributed by atoms with Crippen molar-refractivity contribution in [3.8, 4) is 27.6 Å². The van der Waals surface area contributed by atoms with Crippen LogP contribution in [0.15, 0.2) is 54.2 Å². The normalized spacial score (nSPS) is 10.4. The van der Waals surface area contributed by atoms with Crippen molar-refractivity contribution in [1.29, 1.82) is 0 Å². The van der Waals surface area contributed by atoms with E-state index in [1.165, 1.54) is 4.88 Å². The summed E-state index contributed by atoms with van der Waals surface area (Å²) in [6.45, 7) is 0. The van der Waals surface area contributed by atoms with Crippen molar-refractivity contribution >= 4 is 11.3 Å². The molecule has 94 valence electrons. The molecule has 0 saturated heterocycles. The second-order valence-electron chi connectivity index (χ2n) is 4.00. The van der Waals surface area contributed by atoms with Crippen molar-refractivity contribution in [2.75, 3.05) is 7.11 Å². The van der Waals surface area contributed by atoms with E-state index in [0.29, 0.717) is 5.88 Å². The maximum atomic E-state index is 5.04. The number of rotatable bonds is 3. The van der Waals surface area contributed by atoms with Crippen molar-refractivity contribution in [2.24, 2.45) is 0 Å². The number of nitrogens with zero attached hydrogens (tertiary/aromatic N) is 2. The van der Waals surface area contributed by atoms with Gasteiger partial charge in [-0.15, -0.1) is 11.3 Å². The van der Waals surface area contributed by atoms with Crippen LogP contribution in [0.4, 0.5) is 0 Å². The molecule has 0 bridgehead atoms. The second kappa shape index (κ2) is 5.20. The Bertz CT molecular complexity index is 646. The zero-order valence-electron chi connectivity index (χ0n) is 10.4. The predicted octanol–water partition coefficient (Wildman–Crippen LogP) is 3.88. The average Bonchev–Trinajstić information content (AvgIpc) is 3.02. The molecule has 3 heterocycles. The molecule has 0 radical (unpaired) electrons. The highest BCUT2D eigenvalue weighted by atomic mass is 32.1. The van der Waals surface area contributed by atoms with Gasteiger partial charge in [0.05, 0.1) is 12.8 Å². The van der Waals surface area contributed by atoms with Crippen LogP contribution in [-0.4, -0.2) is 17.1 Å². The van der Waals surface area contributed by atoms with E-state index in [-0.39, 0.29) is 0 Å². The first-order valence-corrected chi connectivity index (χ1v) is 6.75. The highest BCUT2D eigenvalue weighted by Gasteiger charge is 2.03. The van der Waals surface area contributed by atoms with E-state index in [0.717, 1.165) is 16.8 Å². The van der Waals surface area contributed by atoms with Crippen LogP contribution in [0.5, 0.6) is 5.88 Å². The van der Waals surface area contributed by atoms with Crippen LogP contribution in [0.3, 0.4) is 0 Å². The molecule has 3 nitrogen and oxygen atoms in total. The van der Waals surface area contributed by atoms with E-state index in [1.54, 1.807) is 24.6 Å². The smallest absolute Gasteiger partial charge is 0.212 e. The topological polar surface area (TPSA) is 35.0 Å². The standard InChI is InChI=1S/C15H12N2OS/c1-18-15-7-5-11(9-17-15)13-6-4-12(10-16-13)14-3-2-8-19-14/h2-10H,1H3. The van der Waals surface area contributed by atoms with E-state index in [1.807, 2.05) is 30.5 Å². The largest absolute Gasteiger partial charge is 0.481 e. The zero-order chi connectivity index (χ0) is 13.1. The first-order valence-electron chi connectivity index (χ1n) is 5.87. The molecule has 0 atom stereocenters. The van der Waals surface area contributed by atoms with Crippen LogP contribution in [-0.2, 0) is 0 Å². The Labute approximate surface area is 115 Å². The molecule has 0 aliphatic heterocycles. The molecule has 0 spiro atoms. The molecule has 19 heavy (non-hydrogen) atoms. The number of pyridine rings is 2. The SMILES string of the molecule is COc1ccc(-c2ccc(-c3cccs3)cn2)cn1. The van der Waals surface area contributed by atoms with Crippen molar-refractivity contribution in [2.45, 2.75) is 0 Å². The maximum absolute atomic E-state index is 5.04. The number of methoxy groups -OCH3 is 1. The van der Waals surface area contributed by atoms with Gasteiger partial charge in [-0.2, -0.15) is 0 Å². The van der Waals surface area contributed by atoms with Crippen LogP contribution in [0.1, 0.15) is 0 Å². The lowest BCUT2D eigenvalue weighted by molar-refractivity contribution is 0.398. The molecule has 0 aliphatic rings. The van der Waals surface area contributed by atoms with E-state index in [2.05, 4.69) is 27.5 Å². The van der Waals surface area contributed by atoms with Crippen LogP contribution in [0, 0.1) is 0 Å². The summed E-state index contributed by atoms with van der Waals surface area (Å²) in [7, 11) is 1.61. The summed E-state index contributed by atoms with van der Waals surface area (Å²) in [5.74, 6) is 0.610. The Kier molecular flexibility index (Phi) is 3.25. The van der Waals surface area contributed by atoms with Gasteiger partial charge in [0.1, 0.15) is 0 Å². The van der Waals surface area contributed by atoms with Crippen LogP contribution >= 0.6 is 11.3 Å². The van der Waals surface area contributed by atoms with Gasteiger partial charge in [0.15, 0.2) is 0 Å². The lowest BCUT2D eigenvalue weighted by atomic mass is 10.1. The minimum atomic E-state index is 0.610. The molecule has 0 aromatic carbocycles. The van der Waals surface area contributed by atoms with Gasteiger partial charge in [-0.1, -0.05) is 6.07 Å². The van der Waals surface area contributed by atoms with Crippen molar-refractivity contribution in [3.63, 3.8) is 0 Å². The Hall–Kier alpha value is -2.20. The van der Waals surface area contributed by atoms with Gasteiger partial charge in [0.25, 0.3) is 0 Å². The number of hydrogen-bond acceptors (Lipinski definition) is 4. The fourth-order valence-corrected chi connectivity index (χ4v) is 2.52. The van der Waals surface area contributed by atoms with Crippen LogP contribution in [0.2, 0.25) is 0 Å². The van der Waals surface area contributed by atoms with Gasteiger partial charge < -0.3 is 4.74 Å². The Morgan fingerprint density at radius 3 is 2.37 bits per heavy atom. The first kappa shape index (κ1) is 11.9. The third kappa shape index (κ3) is 2.48. The fourth-order valence-electron chi connectivity index (χ4n) is 1.81. The highest BCUT2D eigenvalue weighted by Crippen LogP contribution is 2.26. The molecule has 0 saturated carbocycles. The summed E-state index contributed by atoms with van der Waals surface area (Å²) >= 11 is 1.71. The van der Waals surface area contributed by atoms with Crippen LogP contribution < -0.4 is 4.74 Å². The third-order valence-electron chi connectivity index (χ3n) is 2.81. The van der Waals surface area contributed by atoms with Crippen molar-refractivity contribution in [3.05, 3.63) is 54.2 Å². The van der Waals surface area contributed by atoms with Gasteiger partial charge in [-0.3, -0.25) is 4.98 Å². The minimum Gasteiger partial charge on any atom is -0.481 e. The number of hydrogen-bond donors (Lipinski definition) is 0. The zero-order valence-corrected chi connectivity index (χ0v) is 11.2. The van der Waals surface area contributed by atoms with E-state index >= 15 is 0 Å². The van der Waals surface area contributed by atoms with E-state index in [9.17, 15) is 0 Å². The predicted molar refractivity (Wildman–Crippen MR) is 77.3 cm³/mol. The minimum absolute atomic E-state index is 0.610. The van der Waals surface area contributed by atoms with Gasteiger partial charge in [-0.05, 0) is 29.6 Å². The summed E-state index contributed by atoms with van der Waals surface area (Å²) in [5.41, 5.74) is 3.04. The summed E-state index contributed by atoms with van der Waals surface area (Å²) < 4.78 is 5.04. The third-order valence-corrected chi connectivity index (χ3v) is 3.73. The summed E-state index contributed by atoms with van der Waals surface area (Å²) in [6.07, 6.45) is 3.66. The van der Waals surface area contributed by atoms with Crippen molar-refractivity contribution < 1.29 is 4.74 Å². The molecule has 0 amide bonds. The van der Waals surface area contributed by atoms with E-state index < -0.39 is 0 Å². The maximum Gasteiger partial charge on any atom is 0.212 e. The number of aromatic nitrogens is 2. The lowest BCUT2D eigenvalue weighted by Crippen LogP contribution is -1.88. The molecule has 3 rings (SSSR count). The molecular weight excluding hydrogens is 256 g/mol. The molecule has 4 heteroatoms. The molecule has 0 N–H and O–H groups in total. The van der Waals surface area contributed by atoms with Gasteiger partial charge in [0.2, 0.25) is 5.88 Å². The molecule has 0 unspecified atom stereocenters. The molecule has 3 aromatic rings. The fraction of sp³-hybridized carbons (Fsp3) is 0.0667. The number of ether oxygens (including phenoxy) is 1. The van der Waals surface area contributed by atoms with Gasteiger partial charge in [0, 0.05) is 34.5 Å². The quantitative estimate of drug-likeness (QED) is 0.723. The summed E-state index contributed by atoms with van der Waals surface area (Å²) in [6, 6.07) is 12.0. The Morgan fingerprint density at radius 2 is 1.79 bits per heavy atom. The van der Waals surface area contributed by atoms with Crippen molar-refractivity contribution in [1.82, 2.24) is 9.97 Å².